The van der Waals surface area contributed by atoms with Gasteiger partial charge in [-0.05, 0) is 37.3 Å². The van der Waals surface area contributed by atoms with Gasteiger partial charge in [-0.2, -0.15) is 0 Å². The number of rotatable bonds is 9. The van der Waals surface area contributed by atoms with Crippen LogP contribution in [0.3, 0.4) is 0 Å². The number of aromatic nitrogens is 1. The van der Waals surface area contributed by atoms with Crippen molar-refractivity contribution in [3.63, 3.8) is 0 Å². The lowest BCUT2D eigenvalue weighted by Gasteiger charge is -2.09. The molecule has 0 aliphatic rings. The van der Waals surface area contributed by atoms with Crippen LogP contribution in [0.25, 0.3) is 11.5 Å². The number of para-hydroxylation sites is 1. The fourth-order valence-electron chi connectivity index (χ4n) is 2.86. The summed E-state index contributed by atoms with van der Waals surface area (Å²) in [5, 5.41) is 2.78. The molecule has 0 saturated heterocycles. The lowest BCUT2D eigenvalue weighted by Crippen LogP contribution is -2.28. The van der Waals surface area contributed by atoms with Crippen molar-refractivity contribution >= 4 is 16.7 Å². The number of ether oxygens (including phenoxy) is 2. The molecule has 1 N–H and O–H groups in total. The molecule has 1 heterocycles. The number of aryl methyl sites for hydroxylation is 1. The van der Waals surface area contributed by atoms with Gasteiger partial charge in [0.15, 0.2) is 0 Å². The van der Waals surface area contributed by atoms with Gasteiger partial charge in [-0.25, -0.2) is 4.98 Å². The standard InChI is InChI=1S/C22H24N2O5S/c1-15-19(24-22(29-15)16-8-10-18(27-2)11-9-16)13-30(26)14-21(25)23-12-17-6-4-5-7-20(17)28-3/h4-11H,12-14H2,1-3H3,(H,23,25)/t30-/m1/s1. The van der Waals surface area contributed by atoms with E-state index in [0.29, 0.717) is 29.6 Å². The molecule has 0 bridgehead atoms. The highest BCUT2D eigenvalue weighted by atomic mass is 32.2. The van der Waals surface area contributed by atoms with Gasteiger partial charge in [0.1, 0.15) is 23.0 Å². The number of hydrogen-bond donors (Lipinski definition) is 1. The number of amides is 1. The maximum Gasteiger partial charge on any atom is 0.232 e. The van der Waals surface area contributed by atoms with Gasteiger partial charge in [-0.15, -0.1) is 0 Å². The van der Waals surface area contributed by atoms with E-state index in [9.17, 15) is 9.00 Å². The minimum atomic E-state index is -1.41. The van der Waals surface area contributed by atoms with Gasteiger partial charge in [-0.3, -0.25) is 9.00 Å². The van der Waals surface area contributed by atoms with Crippen molar-refractivity contribution in [2.75, 3.05) is 20.0 Å². The molecule has 158 valence electrons. The van der Waals surface area contributed by atoms with Crippen LogP contribution >= 0.6 is 0 Å². The highest BCUT2D eigenvalue weighted by molar-refractivity contribution is 7.84. The molecule has 30 heavy (non-hydrogen) atoms. The third-order valence-corrected chi connectivity index (χ3v) is 5.67. The molecule has 3 rings (SSSR count). The number of benzene rings is 2. The molecule has 7 nitrogen and oxygen atoms in total. The Morgan fingerprint density at radius 3 is 2.53 bits per heavy atom. The molecule has 1 atom stereocenters. The molecule has 2 aromatic carbocycles. The van der Waals surface area contributed by atoms with E-state index in [2.05, 4.69) is 10.3 Å². The van der Waals surface area contributed by atoms with Crippen LogP contribution in [0.15, 0.2) is 52.9 Å². The smallest absolute Gasteiger partial charge is 0.232 e. The van der Waals surface area contributed by atoms with Crippen LogP contribution in [-0.2, 0) is 27.9 Å². The summed E-state index contributed by atoms with van der Waals surface area (Å²) in [6.45, 7) is 2.08. The lowest BCUT2D eigenvalue weighted by molar-refractivity contribution is -0.118. The quantitative estimate of drug-likeness (QED) is 0.563. The van der Waals surface area contributed by atoms with Gasteiger partial charge in [-0.1, -0.05) is 18.2 Å². The molecule has 0 spiro atoms. The number of nitrogens with one attached hydrogen (secondary N) is 1. The van der Waals surface area contributed by atoms with Crippen LogP contribution in [0.4, 0.5) is 0 Å². The Kier molecular flexibility index (Phi) is 7.24. The zero-order valence-electron chi connectivity index (χ0n) is 17.1. The van der Waals surface area contributed by atoms with Gasteiger partial charge >= 0.3 is 0 Å². The van der Waals surface area contributed by atoms with E-state index in [4.69, 9.17) is 13.9 Å². The number of carbonyl (C=O) groups is 1. The zero-order valence-corrected chi connectivity index (χ0v) is 18.0. The maximum absolute atomic E-state index is 12.5. The molecule has 1 aromatic heterocycles. The molecule has 0 unspecified atom stereocenters. The second kappa shape index (κ2) is 10.1. The summed E-state index contributed by atoms with van der Waals surface area (Å²) in [5.41, 5.74) is 2.23. The number of hydrogen-bond acceptors (Lipinski definition) is 6. The van der Waals surface area contributed by atoms with E-state index < -0.39 is 10.8 Å². The molecule has 0 radical (unpaired) electrons. The number of oxazole rings is 1. The Labute approximate surface area is 177 Å². The predicted molar refractivity (Wildman–Crippen MR) is 115 cm³/mol. The van der Waals surface area contributed by atoms with Crippen molar-refractivity contribution in [3.8, 4) is 23.0 Å². The molecular formula is C22H24N2O5S. The van der Waals surface area contributed by atoms with Crippen molar-refractivity contribution in [1.29, 1.82) is 0 Å². The zero-order chi connectivity index (χ0) is 21.5. The van der Waals surface area contributed by atoms with E-state index in [1.807, 2.05) is 48.5 Å². The van der Waals surface area contributed by atoms with Crippen molar-refractivity contribution in [3.05, 3.63) is 65.5 Å². The van der Waals surface area contributed by atoms with E-state index in [1.54, 1.807) is 21.1 Å². The average Bonchev–Trinajstić information content (AvgIpc) is 3.12. The number of methoxy groups -OCH3 is 2. The van der Waals surface area contributed by atoms with Crippen molar-refractivity contribution in [1.82, 2.24) is 10.3 Å². The Balaban J connectivity index is 1.56. The third-order valence-electron chi connectivity index (χ3n) is 4.49. The Bertz CT molecular complexity index is 1030. The summed E-state index contributed by atoms with van der Waals surface area (Å²) >= 11 is 0. The van der Waals surface area contributed by atoms with Crippen LogP contribution in [-0.4, -0.2) is 35.1 Å². The topological polar surface area (TPSA) is 90.7 Å². The number of carbonyl (C=O) groups excluding carboxylic acids is 1. The summed E-state index contributed by atoms with van der Waals surface area (Å²) in [6, 6.07) is 14.8. The van der Waals surface area contributed by atoms with Gasteiger partial charge in [0.2, 0.25) is 11.8 Å². The highest BCUT2D eigenvalue weighted by Crippen LogP contribution is 2.24. The first-order chi connectivity index (χ1) is 14.5. The largest absolute Gasteiger partial charge is 0.497 e. The molecule has 0 saturated carbocycles. The molecule has 0 aliphatic carbocycles. The van der Waals surface area contributed by atoms with Crippen molar-refractivity contribution in [2.45, 2.75) is 19.2 Å². The van der Waals surface area contributed by atoms with Crippen LogP contribution in [0.2, 0.25) is 0 Å². The molecule has 1 amide bonds. The van der Waals surface area contributed by atoms with Gasteiger partial charge in [0, 0.05) is 28.5 Å². The first-order valence-electron chi connectivity index (χ1n) is 9.34. The SMILES string of the molecule is COc1ccc(-c2nc(C[S@@](=O)CC(=O)NCc3ccccc3OC)c(C)o2)cc1. The van der Waals surface area contributed by atoms with E-state index in [-0.39, 0.29) is 17.4 Å². The van der Waals surface area contributed by atoms with Gasteiger partial charge < -0.3 is 19.2 Å². The number of nitrogens with zero attached hydrogens (tertiary/aromatic N) is 1. The summed E-state index contributed by atoms with van der Waals surface area (Å²) in [4.78, 5) is 16.6. The van der Waals surface area contributed by atoms with Crippen LogP contribution in [0.5, 0.6) is 11.5 Å². The molecule has 0 aliphatic heterocycles. The highest BCUT2D eigenvalue weighted by Gasteiger charge is 2.16. The molecule has 0 fully saturated rings. The van der Waals surface area contributed by atoms with Crippen molar-refractivity contribution < 1.29 is 22.9 Å². The first-order valence-corrected chi connectivity index (χ1v) is 10.8. The summed E-state index contributed by atoms with van der Waals surface area (Å²) in [5.74, 6) is 2.21. The first kappa shape index (κ1) is 21.6. The molecule has 8 heteroatoms. The Hall–Kier alpha value is -3.13. The Morgan fingerprint density at radius 1 is 1.10 bits per heavy atom. The monoisotopic (exact) mass is 428 g/mol. The van der Waals surface area contributed by atoms with E-state index in [1.165, 1.54) is 0 Å². The van der Waals surface area contributed by atoms with Crippen molar-refractivity contribution in [2.24, 2.45) is 0 Å². The van der Waals surface area contributed by atoms with Crippen LogP contribution in [0.1, 0.15) is 17.0 Å². The van der Waals surface area contributed by atoms with E-state index >= 15 is 0 Å². The summed E-state index contributed by atoms with van der Waals surface area (Å²) in [6.07, 6.45) is 0. The normalized spacial score (nSPS) is 11.7. The predicted octanol–water partition coefficient (Wildman–Crippen LogP) is 3.23. The minimum absolute atomic E-state index is 0.112. The minimum Gasteiger partial charge on any atom is -0.497 e. The molecule has 3 aromatic rings. The Morgan fingerprint density at radius 2 is 1.83 bits per heavy atom. The van der Waals surface area contributed by atoms with Gasteiger partial charge in [0.25, 0.3) is 0 Å². The van der Waals surface area contributed by atoms with E-state index in [0.717, 1.165) is 16.9 Å². The second-order valence-corrected chi connectivity index (χ2v) is 8.02. The molecular weight excluding hydrogens is 404 g/mol. The second-order valence-electron chi connectivity index (χ2n) is 6.57. The fraction of sp³-hybridized carbons (Fsp3) is 0.273. The van der Waals surface area contributed by atoms with Crippen LogP contribution < -0.4 is 14.8 Å². The summed E-state index contributed by atoms with van der Waals surface area (Å²) < 4.78 is 28.6. The fourth-order valence-corrected chi connectivity index (χ4v) is 3.93. The van der Waals surface area contributed by atoms with Crippen LogP contribution in [0, 0.1) is 6.92 Å². The average molecular weight is 429 g/mol. The summed E-state index contributed by atoms with van der Waals surface area (Å²) in [7, 11) is 1.77. The lowest BCUT2D eigenvalue weighted by atomic mass is 10.2. The third kappa shape index (κ3) is 5.48. The van der Waals surface area contributed by atoms with Gasteiger partial charge in [0.05, 0.1) is 25.7 Å². The maximum atomic E-state index is 12.5.